The standard InChI is InChI=1S/C14H9Br3O2/c15-14(16,17)8-9-4-3-7-12-13(9)19-11-6-2-1-5-10(11)18-12/h1-7H,8H2. The van der Waals surface area contributed by atoms with Gasteiger partial charge in [-0.25, -0.2) is 0 Å². The Morgan fingerprint density at radius 1 is 0.789 bits per heavy atom. The molecule has 0 aliphatic carbocycles. The molecule has 98 valence electrons. The zero-order valence-electron chi connectivity index (χ0n) is 9.70. The number of halogens is 3. The van der Waals surface area contributed by atoms with Gasteiger partial charge < -0.3 is 9.47 Å². The van der Waals surface area contributed by atoms with E-state index in [1.54, 1.807) is 0 Å². The van der Waals surface area contributed by atoms with Crippen LogP contribution in [0.1, 0.15) is 5.56 Å². The van der Waals surface area contributed by atoms with Crippen molar-refractivity contribution >= 4 is 47.8 Å². The zero-order valence-corrected chi connectivity index (χ0v) is 14.5. The number of para-hydroxylation sites is 3. The largest absolute Gasteiger partial charge is 0.450 e. The second-order valence-corrected chi connectivity index (χ2v) is 11.4. The highest BCUT2D eigenvalue weighted by molar-refractivity contribution is 9.39. The molecule has 0 aromatic heterocycles. The molecule has 0 spiro atoms. The Hall–Kier alpha value is -0.520. The van der Waals surface area contributed by atoms with Gasteiger partial charge >= 0.3 is 0 Å². The van der Waals surface area contributed by atoms with Gasteiger partial charge in [-0.05, 0) is 18.2 Å². The van der Waals surface area contributed by atoms with E-state index in [1.807, 2.05) is 42.5 Å². The average molecular weight is 449 g/mol. The number of benzene rings is 2. The van der Waals surface area contributed by atoms with Gasteiger partial charge in [0, 0.05) is 12.0 Å². The van der Waals surface area contributed by atoms with Crippen LogP contribution in [0.25, 0.3) is 0 Å². The van der Waals surface area contributed by atoms with E-state index in [-0.39, 0.29) is 2.14 Å². The Morgan fingerprint density at radius 2 is 1.42 bits per heavy atom. The predicted octanol–water partition coefficient (Wildman–Crippen LogP) is 5.97. The topological polar surface area (TPSA) is 18.5 Å². The molecule has 0 fully saturated rings. The molecule has 0 saturated heterocycles. The van der Waals surface area contributed by atoms with Gasteiger partial charge in [0.2, 0.25) is 0 Å². The van der Waals surface area contributed by atoms with Crippen molar-refractivity contribution in [2.75, 3.05) is 0 Å². The normalized spacial score (nSPS) is 13.0. The number of hydrogen-bond donors (Lipinski definition) is 0. The smallest absolute Gasteiger partial charge is 0.173 e. The highest BCUT2D eigenvalue weighted by Gasteiger charge is 2.26. The first-order chi connectivity index (χ1) is 9.03. The van der Waals surface area contributed by atoms with E-state index >= 15 is 0 Å². The maximum Gasteiger partial charge on any atom is 0.173 e. The third-order valence-corrected chi connectivity index (χ3v) is 3.57. The van der Waals surface area contributed by atoms with Gasteiger partial charge in [-0.3, -0.25) is 0 Å². The van der Waals surface area contributed by atoms with Crippen LogP contribution in [0, 0.1) is 0 Å². The first-order valence-electron chi connectivity index (χ1n) is 5.66. The fourth-order valence-corrected chi connectivity index (χ4v) is 2.87. The summed E-state index contributed by atoms with van der Waals surface area (Å²) in [6.45, 7) is 0. The molecular weight excluding hydrogens is 440 g/mol. The van der Waals surface area contributed by atoms with Gasteiger partial charge in [-0.15, -0.1) is 0 Å². The van der Waals surface area contributed by atoms with Crippen LogP contribution in [0.5, 0.6) is 23.0 Å². The maximum absolute atomic E-state index is 5.97. The Labute approximate surface area is 136 Å². The molecule has 2 aromatic carbocycles. The Balaban J connectivity index is 2.01. The molecule has 0 bridgehead atoms. The maximum atomic E-state index is 5.97. The molecule has 1 aliphatic heterocycles. The second-order valence-electron chi connectivity index (χ2n) is 4.19. The predicted molar refractivity (Wildman–Crippen MR) is 86.2 cm³/mol. The summed E-state index contributed by atoms with van der Waals surface area (Å²) in [5, 5.41) is 0. The minimum atomic E-state index is -0.345. The highest BCUT2D eigenvalue weighted by atomic mass is 80.0. The monoisotopic (exact) mass is 446 g/mol. The zero-order chi connectivity index (χ0) is 13.5. The summed E-state index contributed by atoms with van der Waals surface area (Å²) in [4.78, 5) is 0. The van der Waals surface area contributed by atoms with Crippen molar-refractivity contribution in [2.45, 2.75) is 8.56 Å². The van der Waals surface area contributed by atoms with Gasteiger partial charge in [-0.2, -0.15) is 0 Å². The van der Waals surface area contributed by atoms with Crippen molar-refractivity contribution in [3.8, 4) is 23.0 Å². The first-order valence-corrected chi connectivity index (χ1v) is 8.04. The van der Waals surface area contributed by atoms with Gasteiger partial charge in [0.15, 0.2) is 23.0 Å². The third-order valence-electron chi connectivity index (χ3n) is 2.73. The van der Waals surface area contributed by atoms with E-state index in [0.29, 0.717) is 6.42 Å². The first kappa shape index (κ1) is 13.5. The molecule has 2 aromatic rings. The molecule has 0 radical (unpaired) electrons. The highest BCUT2D eigenvalue weighted by Crippen LogP contribution is 2.48. The number of rotatable bonds is 1. The van der Waals surface area contributed by atoms with Crippen LogP contribution >= 0.6 is 47.8 Å². The third kappa shape index (κ3) is 2.98. The van der Waals surface area contributed by atoms with E-state index in [2.05, 4.69) is 47.8 Å². The van der Waals surface area contributed by atoms with E-state index in [4.69, 9.17) is 9.47 Å². The molecule has 0 atom stereocenters. The minimum absolute atomic E-state index is 0.345. The summed E-state index contributed by atoms with van der Waals surface area (Å²) in [7, 11) is 0. The van der Waals surface area contributed by atoms with Crippen LogP contribution in [0.15, 0.2) is 42.5 Å². The summed E-state index contributed by atoms with van der Waals surface area (Å²) < 4.78 is 11.5. The van der Waals surface area contributed by atoms with Crippen LogP contribution < -0.4 is 9.47 Å². The molecule has 0 amide bonds. The molecule has 2 nitrogen and oxygen atoms in total. The van der Waals surface area contributed by atoms with Crippen LogP contribution in [-0.4, -0.2) is 2.14 Å². The van der Waals surface area contributed by atoms with Crippen LogP contribution in [-0.2, 0) is 6.42 Å². The molecular formula is C14H9Br3O2. The fraction of sp³-hybridized carbons (Fsp3) is 0.143. The van der Waals surface area contributed by atoms with E-state index < -0.39 is 0 Å². The quantitative estimate of drug-likeness (QED) is 0.427. The summed E-state index contributed by atoms with van der Waals surface area (Å²) in [6.07, 6.45) is 0.710. The van der Waals surface area contributed by atoms with Crippen molar-refractivity contribution < 1.29 is 9.47 Å². The van der Waals surface area contributed by atoms with Gasteiger partial charge in [0.1, 0.15) is 2.14 Å². The lowest BCUT2D eigenvalue weighted by Crippen LogP contribution is -2.08. The van der Waals surface area contributed by atoms with Gasteiger partial charge in [0.25, 0.3) is 0 Å². The van der Waals surface area contributed by atoms with Crippen molar-refractivity contribution in [2.24, 2.45) is 0 Å². The SMILES string of the molecule is BrC(Br)(Br)Cc1cccc2c1Oc1ccccc1O2. The lowest BCUT2D eigenvalue weighted by molar-refractivity contribution is 0.356. The fourth-order valence-electron chi connectivity index (χ4n) is 1.96. The number of hydrogen-bond acceptors (Lipinski definition) is 2. The Morgan fingerprint density at radius 3 is 2.11 bits per heavy atom. The Bertz CT molecular complexity index is 620. The lowest BCUT2D eigenvalue weighted by Gasteiger charge is -2.23. The van der Waals surface area contributed by atoms with Crippen LogP contribution in [0.4, 0.5) is 0 Å². The second kappa shape index (κ2) is 5.11. The Kier molecular flexibility index (Phi) is 3.62. The summed E-state index contributed by atoms with van der Waals surface area (Å²) in [6, 6.07) is 13.6. The van der Waals surface area contributed by atoms with Crippen LogP contribution in [0.2, 0.25) is 0 Å². The van der Waals surface area contributed by atoms with Crippen molar-refractivity contribution in [1.82, 2.24) is 0 Å². The van der Waals surface area contributed by atoms with E-state index in [9.17, 15) is 0 Å². The number of alkyl halides is 3. The molecule has 0 saturated carbocycles. The summed E-state index contributed by atoms with van der Waals surface area (Å²) in [5.74, 6) is 3.00. The minimum Gasteiger partial charge on any atom is -0.450 e. The van der Waals surface area contributed by atoms with Crippen LogP contribution in [0.3, 0.4) is 0 Å². The van der Waals surface area contributed by atoms with Gasteiger partial charge in [-0.1, -0.05) is 72.1 Å². The molecule has 3 rings (SSSR count). The molecule has 19 heavy (non-hydrogen) atoms. The molecule has 1 aliphatic rings. The van der Waals surface area contributed by atoms with Crippen molar-refractivity contribution in [1.29, 1.82) is 0 Å². The van der Waals surface area contributed by atoms with Crippen molar-refractivity contribution in [3.63, 3.8) is 0 Å². The number of fused-ring (bicyclic) bond motifs is 2. The number of ether oxygens (including phenoxy) is 2. The summed E-state index contributed by atoms with van der Waals surface area (Å²) in [5.41, 5.74) is 1.05. The molecule has 0 N–H and O–H groups in total. The average Bonchev–Trinajstić information content (AvgIpc) is 2.35. The van der Waals surface area contributed by atoms with E-state index in [1.165, 1.54) is 0 Å². The van der Waals surface area contributed by atoms with E-state index in [0.717, 1.165) is 28.6 Å². The summed E-state index contributed by atoms with van der Waals surface area (Å²) >= 11 is 10.5. The molecule has 0 unspecified atom stereocenters. The van der Waals surface area contributed by atoms with Crippen molar-refractivity contribution in [3.05, 3.63) is 48.0 Å². The lowest BCUT2D eigenvalue weighted by atomic mass is 10.1. The van der Waals surface area contributed by atoms with Gasteiger partial charge in [0.05, 0.1) is 0 Å². The molecule has 5 heteroatoms. The molecule has 1 heterocycles.